The van der Waals surface area contributed by atoms with Gasteiger partial charge in [0, 0.05) is 17.2 Å². The average molecular weight is 254 g/mol. The van der Waals surface area contributed by atoms with E-state index in [1.54, 1.807) is 0 Å². The average Bonchev–Trinajstić information content (AvgIpc) is 2.43. The Morgan fingerprint density at radius 3 is 2.84 bits per heavy atom. The molecule has 1 aromatic carbocycles. The fraction of sp³-hybridized carbons (Fsp3) is 0.375. The Kier molecular flexibility index (Phi) is 2.97. The van der Waals surface area contributed by atoms with Crippen LogP contribution < -0.4 is 5.56 Å². The Morgan fingerprint density at radius 2 is 2.05 bits per heavy atom. The molecule has 19 heavy (non-hydrogen) atoms. The van der Waals surface area contributed by atoms with Gasteiger partial charge >= 0.3 is 0 Å². The normalized spacial score (nSPS) is 18.1. The number of hydrogen-bond donors (Lipinski definition) is 1. The van der Waals surface area contributed by atoms with Gasteiger partial charge in [0.2, 0.25) is 0 Å². The van der Waals surface area contributed by atoms with Crippen molar-refractivity contribution in [1.29, 1.82) is 0 Å². The Labute approximate surface area is 112 Å². The highest BCUT2D eigenvalue weighted by Crippen LogP contribution is 2.34. The quantitative estimate of drug-likeness (QED) is 0.850. The maximum Gasteiger partial charge on any atom is 0.254 e. The maximum absolute atomic E-state index is 11.9. The topological polar surface area (TPSA) is 45.8 Å². The highest BCUT2D eigenvalue weighted by molar-refractivity contribution is 5.36. The van der Waals surface area contributed by atoms with Crippen molar-refractivity contribution >= 4 is 0 Å². The fourth-order valence-electron chi connectivity index (χ4n) is 2.87. The number of nitrogens with one attached hydrogen (secondary N) is 1. The summed E-state index contributed by atoms with van der Waals surface area (Å²) in [6, 6.07) is 8.49. The highest BCUT2D eigenvalue weighted by atomic mass is 16.1. The van der Waals surface area contributed by atoms with E-state index < -0.39 is 0 Å². The lowest BCUT2D eigenvalue weighted by molar-refractivity contribution is 0.586. The van der Waals surface area contributed by atoms with E-state index in [0.717, 1.165) is 30.8 Å². The van der Waals surface area contributed by atoms with Crippen LogP contribution in [0.25, 0.3) is 0 Å². The van der Waals surface area contributed by atoms with Gasteiger partial charge in [0.05, 0.1) is 0 Å². The Hall–Kier alpha value is -1.90. The molecule has 1 unspecified atom stereocenters. The van der Waals surface area contributed by atoms with Gasteiger partial charge in [-0.25, -0.2) is 4.98 Å². The second-order valence-electron chi connectivity index (χ2n) is 5.31. The number of aromatic nitrogens is 2. The predicted molar refractivity (Wildman–Crippen MR) is 75.6 cm³/mol. The van der Waals surface area contributed by atoms with Crippen molar-refractivity contribution in [3.05, 3.63) is 62.8 Å². The smallest absolute Gasteiger partial charge is 0.254 e. The first-order valence-electron chi connectivity index (χ1n) is 6.82. The molecule has 0 bridgehead atoms. The molecule has 1 aromatic heterocycles. The second-order valence-corrected chi connectivity index (χ2v) is 5.31. The van der Waals surface area contributed by atoms with Crippen LogP contribution in [-0.4, -0.2) is 9.97 Å². The van der Waals surface area contributed by atoms with E-state index in [-0.39, 0.29) is 11.5 Å². The van der Waals surface area contributed by atoms with Crippen LogP contribution in [0.5, 0.6) is 0 Å². The summed E-state index contributed by atoms with van der Waals surface area (Å²) in [4.78, 5) is 19.5. The minimum absolute atomic E-state index is 0.00875. The van der Waals surface area contributed by atoms with Gasteiger partial charge in [-0.2, -0.15) is 0 Å². The van der Waals surface area contributed by atoms with Crippen molar-refractivity contribution in [3.8, 4) is 0 Å². The number of benzene rings is 1. The van der Waals surface area contributed by atoms with Crippen molar-refractivity contribution in [1.82, 2.24) is 9.97 Å². The molecular formula is C16H18N2O. The van der Waals surface area contributed by atoms with E-state index in [4.69, 9.17) is 0 Å². The molecule has 3 heteroatoms. The van der Waals surface area contributed by atoms with Crippen LogP contribution in [-0.2, 0) is 6.42 Å². The summed E-state index contributed by atoms with van der Waals surface area (Å²) >= 11 is 0. The van der Waals surface area contributed by atoms with Crippen molar-refractivity contribution in [3.63, 3.8) is 0 Å². The summed E-state index contributed by atoms with van der Waals surface area (Å²) in [6.07, 6.45) is 3.34. The van der Waals surface area contributed by atoms with Crippen LogP contribution in [0, 0.1) is 13.8 Å². The zero-order valence-corrected chi connectivity index (χ0v) is 11.4. The van der Waals surface area contributed by atoms with E-state index in [2.05, 4.69) is 34.2 Å². The summed E-state index contributed by atoms with van der Waals surface area (Å²) in [5.74, 6) is 1.05. The fourth-order valence-corrected chi connectivity index (χ4v) is 2.87. The van der Waals surface area contributed by atoms with Crippen LogP contribution in [0.3, 0.4) is 0 Å². The summed E-state index contributed by atoms with van der Waals surface area (Å²) in [6.45, 7) is 3.72. The Balaban J connectivity index is 2.12. The third kappa shape index (κ3) is 2.09. The number of H-pyrrole nitrogens is 1. The van der Waals surface area contributed by atoms with Crippen molar-refractivity contribution in [2.24, 2.45) is 0 Å². The van der Waals surface area contributed by atoms with Crippen LogP contribution in [0.4, 0.5) is 0 Å². The number of hydrogen-bond acceptors (Lipinski definition) is 2. The number of rotatable bonds is 1. The summed E-state index contributed by atoms with van der Waals surface area (Å²) in [7, 11) is 0. The van der Waals surface area contributed by atoms with E-state index in [9.17, 15) is 4.79 Å². The maximum atomic E-state index is 11.9. The zero-order chi connectivity index (χ0) is 13.4. The number of fused-ring (bicyclic) bond motifs is 1. The van der Waals surface area contributed by atoms with Gasteiger partial charge in [0.1, 0.15) is 5.82 Å². The summed E-state index contributed by atoms with van der Waals surface area (Å²) in [5.41, 5.74) is 4.25. The molecule has 3 rings (SSSR count). The molecule has 1 atom stereocenters. The van der Waals surface area contributed by atoms with Crippen molar-refractivity contribution in [2.75, 3.05) is 0 Å². The van der Waals surface area contributed by atoms with Crippen LogP contribution in [0.1, 0.15) is 47.0 Å². The molecule has 1 N–H and O–H groups in total. The summed E-state index contributed by atoms with van der Waals surface area (Å²) < 4.78 is 0. The second kappa shape index (κ2) is 4.65. The van der Waals surface area contributed by atoms with Crippen molar-refractivity contribution < 1.29 is 0 Å². The third-order valence-electron chi connectivity index (χ3n) is 4.11. The van der Waals surface area contributed by atoms with Gasteiger partial charge < -0.3 is 4.98 Å². The molecule has 0 saturated carbocycles. The molecule has 0 fully saturated rings. The van der Waals surface area contributed by atoms with Gasteiger partial charge in [0.25, 0.3) is 5.56 Å². The summed E-state index contributed by atoms with van der Waals surface area (Å²) in [5, 5.41) is 0. The van der Waals surface area contributed by atoms with Gasteiger partial charge in [0.15, 0.2) is 0 Å². The first kappa shape index (κ1) is 12.2. The lowest BCUT2D eigenvalue weighted by Gasteiger charge is -2.25. The number of nitrogens with zero attached hydrogens (tertiary/aromatic N) is 1. The van der Waals surface area contributed by atoms with Crippen LogP contribution >= 0.6 is 0 Å². The SMILES string of the molecule is Cc1nc(C2CCCc3ccccc32)[nH]c(=O)c1C. The molecule has 98 valence electrons. The van der Waals surface area contributed by atoms with E-state index in [0.29, 0.717) is 5.56 Å². The van der Waals surface area contributed by atoms with Crippen LogP contribution in [0.2, 0.25) is 0 Å². The Bertz CT molecular complexity index is 673. The molecular weight excluding hydrogens is 236 g/mol. The molecule has 1 heterocycles. The minimum atomic E-state index is -0.00875. The van der Waals surface area contributed by atoms with E-state index in [1.807, 2.05) is 13.8 Å². The van der Waals surface area contributed by atoms with E-state index in [1.165, 1.54) is 11.1 Å². The molecule has 1 aliphatic rings. The number of aromatic amines is 1. The predicted octanol–water partition coefficient (Wildman–Crippen LogP) is 2.85. The van der Waals surface area contributed by atoms with Crippen molar-refractivity contribution in [2.45, 2.75) is 39.0 Å². The molecule has 0 aliphatic heterocycles. The molecule has 0 radical (unpaired) electrons. The standard InChI is InChI=1S/C16H18N2O/c1-10-11(2)17-15(18-16(10)19)14-9-5-7-12-6-3-4-8-13(12)14/h3-4,6,8,14H,5,7,9H2,1-2H3,(H,17,18,19). The van der Waals surface area contributed by atoms with Gasteiger partial charge in [-0.3, -0.25) is 4.79 Å². The third-order valence-corrected chi connectivity index (χ3v) is 4.11. The monoisotopic (exact) mass is 254 g/mol. The lowest BCUT2D eigenvalue weighted by Crippen LogP contribution is -2.21. The first-order chi connectivity index (χ1) is 9.16. The molecule has 0 amide bonds. The molecule has 0 spiro atoms. The van der Waals surface area contributed by atoms with Crippen LogP contribution in [0.15, 0.2) is 29.1 Å². The number of aryl methyl sites for hydroxylation is 2. The minimum Gasteiger partial charge on any atom is -0.310 e. The molecule has 1 aliphatic carbocycles. The zero-order valence-electron chi connectivity index (χ0n) is 11.4. The van der Waals surface area contributed by atoms with Gasteiger partial charge in [-0.1, -0.05) is 24.3 Å². The molecule has 0 saturated heterocycles. The van der Waals surface area contributed by atoms with Gasteiger partial charge in [-0.15, -0.1) is 0 Å². The highest BCUT2D eigenvalue weighted by Gasteiger charge is 2.23. The van der Waals surface area contributed by atoms with E-state index >= 15 is 0 Å². The molecule has 3 nitrogen and oxygen atoms in total. The Morgan fingerprint density at radius 1 is 1.26 bits per heavy atom. The first-order valence-corrected chi connectivity index (χ1v) is 6.82. The largest absolute Gasteiger partial charge is 0.310 e. The lowest BCUT2D eigenvalue weighted by atomic mass is 9.82. The molecule has 2 aromatic rings. The van der Waals surface area contributed by atoms with Gasteiger partial charge in [-0.05, 0) is 44.2 Å².